The maximum atomic E-state index is 9.65. The lowest BCUT2D eigenvalue weighted by Crippen LogP contribution is -2.40. The van der Waals surface area contributed by atoms with E-state index in [4.69, 9.17) is 0 Å². The van der Waals surface area contributed by atoms with E-state index >= 15 is 0 Å². The van der Waals surface area contributed by atoms with Gasteiger partial charge < -0.3 is 10.4 Å². The van der Waals surface area contributed by atoms with E-state index in [0.717, 1.165) is 18.4 Å². The van der Waals surface area contributed by atoms with E-state index in [1.54, 1.807) is 0 Å². The van der Waals surface area contributed by atoms with Crippen molar-refractivity contribution >= 4 is 0 Å². The van der Waals surface area contributed by atoms with Gasteiger partial charge in [0.25, 0.3) is 0 Å². The zero-order valence-electron chi connectivity index (χ0n) is 11.4. The Hall–Kier alpha value is -0.0800. The fraction of sp³-hybridized carbons (Fsp3) is 1.00. The molecule has 2 saturated carbocycles. The lowest BCUT2D eigenvalue weighted by Gasteiger charge is -2.36. The lowest BCUT2D eigenvalue weighted by molar-refractivity contribution is 0.0799. The molecule has 2 fully saturated rings. The molecule has 2 rings (SSSR count). The Morgan fingerprint density at radius 1 is 1.12 bits per heavy atom. The highest BCUT2D eigenvalue weighted by Crippen LogP contribution is 2.35. The van der Waals surface area contributed by atoms with Crippen LogP contribution in [0.3, 0.4) is 0 Å². The van der Waals surface area contributed by atoms with Gasteiger partial charge in [-0.05, 0) is 37.6 Å². The summed E-state index contributed by atoms with van der Waals surface area (Å²) in [5, 5.41) is 13.3. The second-order valence-corrected chi connectivity index (χ2v) is 6.52. The molecule has 0 aliphatic heterocycles. The molecule has 100 valence electrons. The topological polar surface area (TPSA) is 32.3 Å². The summed E-state index contributed by atoms with van der Waals surface area (Å²) in [5.41, 5.74) is 0.208. The number of rotatable bonds is 5. The van der Waals surface area contributed by atoms with Gasteiger partial charge in [-0.2, -0.15) is 0 Å². The number of hydrogen-bond donors (Lipinski definition) is 2. The molecule has 0 aromatic carbocycles. The standard InChI is InChI=1S/C15H29NO/c1-13-6-5-7-14(13)10-16-11-15(12-17)8-3-2-4-9-15/h13-14,16-17H,2-12H2,1H3. The van der Waals surface area contributed by atoms with E-state index in [1.807, 2.05) is 0 Å². The molecule has 2 atom stereocenters. The predicted octanol–water partition coefficient (Wildman–Crippen LogP) is 2.96. The molecule has 17 heavy (non-hydrogen) atoms. The van der Waals surface area contributed by atoms with E-state index in [1.165, 1.54) is 57.9 Å². The first-order valence-corrected chi connectivity index (χ1v) is 7.57. The Morgan fingerprint density at radius 3 is 2.47 bits per heavy atom. The van der Waals surface area contributed by atoms with Crippen LogP contribution in [-0.2, 0) is 0 Å². The van der Waals surface area contributed by atoms with Crippen molar-refractivity contribution in [1.29, 1.82) is 0 Å². The summed E-state index contributed by atoms with van der Waals surface area (Å²) < 4.78 is 0. The molecule has 2 aliphatic carbocycles. The van der Waals surface area contributed by atoms with Crippen molar-refractivity contribution in [2.75, 3.05) is 19.7 Å². The average Bonchev–Trinajstić information content (AvgIpc) is 2.76. The largest absolute Gasteiger partial charge is 0.396 e. The summed E-state index contributed by atoms with van der Waals surface area (Å²) in [7, 11) is 0. The Bertz CT molecular complexity index is 223. The van der Waals surface area contributed by atoms with E-state index in [9.17, 15) is 5.11 Å². The molecular formula is C15H29NO. The van der Waals surface area contributed by atoms with Gasteiger partial charge in [0.1, 0.15) is 0 Å². The van der Waals surface area contributed by atoms with Crippen molar-refractivity contribution in [3.63, 3.8) is 0 Å². The molecule has 0 saturated heterocycles. The summed E-state index contributed by atoms with van der Waals surface area (Å²) in [5.74, 6) is 1.79. The minimum Gasteiger partial charge on any atom is -0.396 e. The zero-order valence-corrected chi connectivity index (χ0v) is 11.4. The van der Waals surface area contributed by atoms with Gasteiger partial charge >= 0.3 is 0 Å². The number of aliphatic hydroxyl groups excluding tert-OH is 1. The zero-order chi connectivity index (χ0) is 12.1. The number of aliphatic hydroxyl groups is 1. The van der Waals surface area contributed by atoms with Crippen LogP contribution in [0.5, 0.6) is 0 Å². The molecule has 0 amide bonds. The molecule has 0 spiro atoms. The molecule has 0 aromatic rings. The quantitative estimate of drug-likeness (QED) is 0.773. The number of nitrogens with one attached hydrogen (secondary N) is 1. The van der Waals surface area contributed by atoms with Gasteiger partial charge in [-0.3, -0.25) is 0 Å². The van der Waals surface area contributed by atoms with Crippen LogP contribution in [0.25, 0.3) is 0 Å². The van der Waals surface area contributed by atoms with Crippen LogP contribution in [0, 0.1) is 17.3 Å². The van der Waals surface area contributed by atoms with E-state index in [-0.39, 0.29) is 5.41 Å². The Labute approximate surface area is 106 Å². The molecule has 2 N–H and O–H groups in total. The third kappa shape index (κ3) is 3.45. The van der Waals surface area contributed by atoms with Crippen LogP contribution in [0.4, 0.5) is 0 Å². The summed E-state index contributed by atoms with van der Waals surface area (Å²) in [6.45, 7) is 4.97. The minimum absolute atomic E-state index is 0.208. The van der Waals surface area contributed by atoms with E-state index < -0.39 is 0 Å². The fourth-order valence-electron chi connectivity index (χ4n) is 3.74. The summed E-state index contributed by atoms with van der Waals surface area (Å²) in [6.07, 6.45) is 10.6. The third-order valence-corrected chi connectivity index (χ3v) is 5.20. The number of hydrogen-bond acceptors (Lipinski definition) is 2. The van der Waals surface area contributed by atoms with E-state index in [0.29, 0.717) is 6.61 Å². The summed E-state index contributed by atoms with van der Waals surface area (Å²) in [4.78, 5) is 0. The monoisotopic (exact) mass is 239 g/mol. The first kappa shape index (κ1) is 13.4. The smallest absolute Gasteiger partial charge is 0.0499 e. The van der Waals surface area contributed by atoms with Crippen molar-refractivity contribution in [3.8, 4) is 0 Å². The Balaban J connectivity index is 1.72. The van der Waals surface area contributed by atoms with Crippen molar-refractivity contribution < 1.29 is 5.11 Å². The van der Waals surface area contributed by atoms with Crippen LogP contribution in [0.1, 0.15) is 58.3 Å². The van der Waals surface area contributed by atoms with Gasteiger partial charge in [-0.15, -0.1) is 0 Å². The van der Waals surface area contributed by atoms with Gasteiger partial charge in [0.2, 0.25) is 0 Å². The van der Waals surface area contributed by atoms with Crippen molar-refractivity contribution in [2.24, 2.45) is 17.3 Å². The molecule has 2 nitrogen and oxygen atoms in total. The highest BCUT2D eigenvalue weighted by molar-refractivity contribution is 4.85. The molecule has 0 radical (unpaired) electrons. The van der Waals surface area contributed by atoms with Crippen LogP contribution in [-0.4, -0.2) is 24.8 Å². The van der Waals surface area contributed by atoms with Gasteiger partial charge in [0.15, 0.2) is 0 Å². The lowest BCUT2D eigenvalue weighted by atomic mass is 9.74. The fourth-order valence-corrected chi connectivity index (χ4v) is 3.74. The molecule has 0 heterocycles. The van der Waals surface area contributed by atoms with Crippen molar-refractivity contribution in [3.05, 3.63) is 0 Å². The maximum Gasteiger partial charge on any atom is 0.0499 e. The second-order valence-electron chi connectivity index (χ2n) is 6.52. The second kappa shape index (κ2) is 6.19. The minimum atomic E-state index is 0.208. The van der Waals surface area contributed by atoms with Crippen molar-refractivity contribution in [2.45, 2.75) is 58.3 Å². The van der Waals surface area contributed by atoms with Crippen LogP contribution >= 0.6 is 0 Å². The van der Waals surface area contributed by atoms with Gasteiger partial charge in [0.05, 0.1) is 0 Å². The predicted molar refractivity (Wildman–Crippen MR) is 72.0 cm³/mol. The van der Waals surface area contributed by atoms with Crippen LogP contribution in [0.15, 0.2) is 0 Å². The molecular weight excluding hydrogens is 210 g/mol. The molecule has 2 heteroatoms. The highest BCUT2D eigenvalue weighted by atomic mass is 16.3. The van der Waals surface area contributed by atoms with Crippen LogP contribution < -0.4 is 5.32 Å². The van der Waals surface area contributed by atoms with E-state index in [2.05, 4.69) is 12.2 Å². The Morgan fingerprint density at radius 2 is 1.88 bits per heavy atom. The maximum absolute atomic E-state index is 9.65. The first-order chi connectivity index (χ1) is 8.26. The molecule has 2 aliphatic rings. The SMILES string of the molecule is CC1CCCC1CNCC1(CO)CCCCC1. The van der Waals surface area contributed by atoms with Gasteiger partial charge in [0, 0.05) is 18.6 Å². The normalized spacial score (nSPS) is 32.8. The Kier molecular flexibility index (Phi) is 4.87. The van der Waals surface area contributed by atoms with Gasteiger partial charge in [-0.25, -0.2) is 0 Å². The molecule has 2 unspecified atom stereocenters. The first-order valence-electron chi connectivity index (χ1n) is 7.57. The molecule has 0 bridgehead atoms. The highest BCUT2D eigenvalue weighted by Gasteiger charge is 2.31. The van der Waals surface area contributed by atoms with Gasteiger partial charge in [-0.1, -0.05) is 39.0 Å². The van der Waals surface area contributed by atoms with Crippen LogP contribution in [0.2, 0.25) is 0 Å². The summed E-state index contributed by atoms with van der Waals surface area (Å²) in [6, 6.07) is 0. The molecule has 0 aromatic heterocycles. The average molecular weight is 239 g/mol. The summed E-state index contributed by atoms with van der Waals surface area (Å²) >= 11 is 0. The van der Waals surface area contributed by atoms with Crippen molar-refractivity contribution in [1.82, 2.24) is 5.32 Å². The third-order valence-electron chi connectivity index (χ3n) is 5.20.